The zero-order valence-corrected chi connectivity index (χ0v) is 17.7. The molecule has 7 heteroatoms. The number of nitriles is 1. The van der Waals surface area contributed by atoms with Gasteiger partial charge in [0.15, 0.2) is 10.9 Å². The first-order valence-electron chi connectivity index (χ1n) is 9.74. The van der Waals surface area contributed by atoms with E-state index in [1.807, 2.05) is 12.1 Å². The van der Waals surface area contributed by atoms with Crippen molar-refractivity contribution in [2.24, 2.45) is 5.41 Å². The molecule has 0 amide bonds. The van der Waals surface area contributed by atoms with Crippen molar-refractivity contribution >= 4 is 23.4 Å². The number of Topliss-reactive ketones (excluding diaryl/α,β-unsaturated/α-hetero) is 1. The lowest BCUT2D eigenvalue weighted by Gasteiger charge is -2.38. The fourth-order valence-electron chi connectivity index (χ4n) is 4.18. The van der Waals surface area contributed by atoms with Gasteiger partial charge in [-0.25, -0.2) is 4.98 Å². The summed E-state index contributed by atoms with van der Waals surface area (Å²) < 4.78 is 0. The van der Waals surface area contributed by atoms with E-state index >= 15 is 0 Å². The molecule has 0 bridgehead atoms. The van der Waals surface area contributed by atoms with Crippen molar-refractivity contribution in [1.82, 2.24) is 9.97 Å². The number of carbonyl (C=O) groups is 1. The maximum absolute atomic E-state index is 13.2. The molecule has 30 heavy (non-hydrogen) atoms. The minimum Gasteiger partial charge on any atom is -0.343 e. The standard InChI is InChI=1S/C23H22N4O2S/c1-4-9-30-22-26-20-19(21(29)27-22)17(14-7-5-13(12-24)6-8-14)18-15(25-20)10-23(2,3)11-16(18)28/h4-8,17H,1,9-11H2,2-3H3,(H2,25,26,27,29). The zero-order chi connectivity index (χ0) is 21.5. The minimum absolute atomic E-state index is 0.0401. The SMILES string of the molecule is C=CCSc1nc2c(c(=O)[nH]1)C(c1ccc(C#N)cc1)C1=C(CC(C)(C)CC1=O)N2. The Hall–Kier alpha value is -3.11. The molecule has 2 aliphatic rings. The third-order valence-electron chi connectivity index (χ3n) is 5.41. The Morgan fingerprint density at radius 2 is 2.03 bits per heavy atom. The van der Waals surface area contributed by atoms with Crippen molar-refractivity contribution in [3.8, 4) is 6.07 Å². The van der Waals surface area contributed by atoms with Gasteiger partial charge >= 0.3 is 0 Å². The van der Waals surface area contributed by atoms with Crippen molar-refractivity contribution in [2.45, 2.75) is 37.8 Å². The molecule has 6 nitrogen and oxygen atoms in total. The van der Waals surface area contributed by atoms with Gasteiger partial charge in [0.2, 0.25) is 0 Å². The molecule has 4 rings (SSSR count). The molecule has 2 heterocycles. The summed E-state index contributed by atoms with van der Waals surface area (Å²) in [6.07, 6.45) is 2.87. The highest BCUT2D eigenvalue weighted by atomic mass is 32.2. The van der Waals surface area contributed by atoms with Gasteiger partial charge in [0, 0.05) is 29.4 Å². The van der Waals surface area contributed by atoms with E-state index in [0.29, 0.717) is 46.3 Å². The quantitative estimate of drug-likeness (QED) is 0.440. The third-order valence-corrected chi connectivity index (χ3v) is 6.28. The van der Waals surface area contributed by atoms with Crippen LogP contribution in [0.3, 0.4) is 0 Å². The molecule has 0 fully saturated rings. The molecule has 1 atom stereocenters. The Morgan fingerprint density at radius 3 is 2.70 bits per heavy atom. The summed E-state index contributed by atoms with van der Waals surface area (Å²) >= 11 is 1.40. The molecular weight excluding hydrogens is 396 g/mol. The van der Waals surface area contributed by atoms with E-state index in [4.69, 9.17) is 5.26 Å². The van der Waals surface area contributed by atoms with Gasteiger partial charge in [-0.15, -0.1) is 6.58 Å². The van der Waals surface area contributed by atoms with Gasteiger partial charge in [-0.2, -0.15) is 5.26 Å². The van der Waals surface area contributed by atoms with Crippen LogP contribution in [0, 0.1) is 16.7 Å². The number of aromatic amines is 1. The van der Waals surface area contributed by atoms with Crippen molar-refractivity contribution in [1.29, 1.82) is 5.26 Å². The first-order chi connectivity index (χ1) is 14.3. The summed E-state index contributed by atoms with van der Waals surface area (Å²) in [5, 5.41) is 12.9. The number of hydrogen-bond acceptors (Lipinski definition) is 6. The minimum atomic E-state index is -0.512. The molecule has 0 saturated heterocycles. The largest absolute Gasteiger partial charge is 0.343 e. The number of H-pyrrole nitrogens is 1. The van der Waals surface area contributed by atoms with E-state index in [1.54, 1.807) is 18.2 Å². The summed E-state index contributed by atoms with van der Waals surface area (Å²) in [6.45, 7) is 7.84. The van der Waals surface area contributed by atoms with E-state index in [2.05, 4.69) is 41.8 Å². The number of allylic oxidation sites excluding steroid dienone is 2. The topological polar surface area (TPSA) is 98.6 Å². The van der Waals surface area contributed by atoms with Crippen LogP contribution in [-0.2, 0) is 4.79 Å². The molecule has 1 aliphatic carbocycles. The van der Waals surface area contributed by atoms with Crippen molar-refractivity contribution < 1.29 is 4.79 Å². The molecule has 1 unspecified atom stereocenters. The van der Waals surface area contributed by atoms with Gasteiger partial charge in [-0.1, -0.05) is 43.8 Å². The summed E-state index contributed by atoms with van der Waals surface area (Å²) in [4.78, 5) is 33.8. The third kappa shape index (κ3) is 3.59. The van der Waals surface area contributed by atoms with Gasteiger partial charge in [-0.3, -0.25) is 9.59 Å². The lowest BCUT2D eigenvalue weighted by atomic mass is 9.69. The number of carbonyl (C=O) groups excluding carboxylic acids is 1. The number of aromatic nitrogens is 2. The second kappa shape index (κ2) is 7.62. The smallest absolute Gasteiger partial charge is 0.257 e. The van der Waals surface area contributed by atoms with Crippen LogP contribution in [-0.4, -0.2) is 21.5 Å². The first kappa shape index (κ1) is 20.2. The summed E-state index contributed by atoms with van der Waals surface area (Å²) in [5.41, 5.74) is 2.79. The van der Waals surface area contributed by atoms with Crippen molar-refractivity contribution in [3.05, 3.63) is 75.2 Å². The Balaban J connectivity index is 1.91. The van der Waals surface area contributed by atoms with E-state index in [-0.39, 0.29) is 16.8 Å². The number of anilines is 1. The molecule has 2 aromatic rings. The summed E-state index contributed by atoms with van der Waals surface area (Å²) in [7, 11) is 0. The number of nitrogens with zero attached hydrogens (tertiary/aromatic N) is 2. The number of thioether (sulfide) groups is 1. The van der Waals surface area contributed by atoms with Crippen LogP contribution in [0.4, 0.5) is 5.82 Å². The Bertz CT molecular complexity index is 1170. The molecule has 152 valence electrons. The van der Waals surface area contributed by atoms with Crippen LogP contribution >= 0.6 is 11.8 Å². The molecule has 1 aromatic heterocycles. The normalized spacial score (nSPS) is 19.4. The second-order valence-electron chi connectivity index (χ2n) is 8.36. The highest BCUT2D eigenvalue weighted by molar-refractivity contribution is 7.99. The zero-order valence-electron chi connectivity index (χ0n) is 16.9. The predicted octanol–water partition coefficient (Wildman–Crippen LogP) is 4.12. The second-order valence-corrected chi connectivity index (χ2v) is 9.37. The molecule has 2 N–H and O–H groups in total. The number of fused-ring (bicyclic) bond motifs is 1. The summed E-state index contributed by atoms with van der Waals surface area (Å²) in [6, 6.07) is 9.16. The van der Waals surface area contributed by atoms with Crippen molar-refractivity contribution in [2.75, 3.05) is 11.1 Å². The number of hydrogen-bond donors (Lipinski definition) is 2. The van der Waals surface area contributed by atoms with E-state index in [0.717, 1.165) is 11.3 Å². The molecule has 0 radical (unpaired) electrons. The fourth-order valence-corrected chi connectivity index (χ4v) is 4.78. The van der Waals surface area contributed by atoms with Crippen LogP contribution in [0.2, 0.25) is 0 Å². The first-order valence-corrected chi connectivity index (χ1v) is 10.7. The van der Waals surface area contributed by atoms with Crippen LogP contribution in [0.25, 0.3) is 0 Å². The molecule has 1 aliphatic heterocycles. The lowest BCUT2D eigenvalue weighted by Crippen LogP contribution is -2.37. The Labute approximate surface area is 179 Å². The van der Waals surface area contributed by atoms with Gasteiger partial charge < -0.3 is 10.3 Å². The lowest BCUT2D eigenvalue weighted by molar-refractivity contribution is -0.118. The Kier molecular flexibility index (Phi) is 5.12. The molecule has 1 aromatic carbocycles. The number of benzene rings is 1. The Morgan fingerprint density at radius 1 is 1.30 bits per heavy atom. The monoisotopic (exact) mass is 418 g/mol. The fraction of sp³-hybridized carbons (Fsp3) is 0.304. The predicted molar refractivity (Wildman–Crippen MR) is 117 cm³/mol. The number of rotatable bonds is 4. The van der Waals surface area contributed by atoms with Crippen LogP contribution in [0.5, 0.6) is 0 Å². The van der Waals surface area contributed by atoms with E-state index in [9.17, 15) is 9.59 Å². The maximum Gasteiger partial charge on any atom is 0.257 e. The van der Waals surface area contributed by atoms with E-state index in [1.165, 1.54) is 11.8 Å². The number of nitrogens with one attached hydrogen (secondary N) is 2. The molecule has 0 spiro atoms. The molecule has 0 saturated carbocycles. The highest BCUT2D eigenvalue weighted by Gasteiger charge is 2.42. The average molecular weight is 419 g/mol. The number of ketones is 1. The molecular formula is C23H22N4O2S. The maximum atomic E-state index is 13.2. The summed E-state index contributed by atoms with van der Waals surface area (Å²) in [5.74, 6) is 0.643. The highest BCUT2D eigenvalue weighted by Crippen LogP contribution is 2.47. The van der Waals surface area contributed by atoms with Gasteiger partial charge in [0.1, 0.15) is 5.82 Å². The van der Waals surface area contributed by atoms with Crippen LogP contribution in [0.1, 0.15) is 49.3 Å². The van der Waals surface area contributed by atoms with Crippen LogP contribution in [0.15, 0.2) is 58.1 Å². The van der Waals surface area contributed by atoms with Gasteiger partial charge in [0.25, 0.3) is 5.56 Å². The van der Waals surface area contributed by atoms with E-state index < -0.39 is 5.92 Å². The van der Waals surface area contributed by atoms with Gasteiger partial charge in [-0.05, 0) is 29.5 Å². The average Bonchev–Trinajstić information content (AvgIpc) is 2.70. The van der Waals surface area contributed by atoms with Crippen LogP contribution < -0.4 is 10.9 Å². The van der Waals surface area contributed by atoms with Gasteiger partial charge in [0.05, 0.1) is 17.2 Å². The van der Waals surface area contributed by atoms with Crippen molar-refractivity contribution in [3.63, 3.8) is 0 Å².